The summed E-state index contributed by atoms with van der Waals surface area (Å²) in [6.07, 6.45) is 1.05. The first-order valence-electron chi connectivity index (χ1n) is 2.96. The molecule has 0 amide bonds. The third-order valence-electron chi connectivity index (χ3n) is 1.49. The van der Waals surface area contributed by atoms with Gasteiger partial charge in [0.25, 0.3) is 0 Å². The van der Waals surface area contributed by atoms with Crippen LogP contribution in [0.15, 0.2) is 10.6 Å². The molecule has 4 heteroatoms. The Morgan fingerprint density at radius 2 is 2.50 bits per heavy atom. The van der Waals surface area contributed by atoms with Crippen LogP contribution in [0.1, 0.15) is 0 Å². The number of hydrogen-bond acceptors (Lipinski definition) is 3. The first kappa shape index (κ1) is 6.52. The van der Waals surface area contributed by atoms with Gasteiger partial charge in [0.2, 0.25) is 12.1 Å². The number of hydrogen-bond donors (Lipinski definition) is 0. The number of ketones is 1. The molecule has 0 aromatic heterocycles. The maximum atomic E-state index is 11.0. The molecule has 0 aromatic carbocycles. The summed E-state index contributed by atoms with van der Waals surface area (Å²) in [5.41, 5.74) is 0. The highest BCUT2D eigenvalue weighted by molar-refractivity contribution is 9.12. The van der Waals surface area contributed by atoms with Crippen LogP contribution in [0.4, 0.5) is 0 Å². The molecule has 0 saturated carbocycles. The van der Waals surface area contributed by atoms with E-state index in [1.807, 2.05) is 0 Å². The van der Waals surface area contributed by atoms with E-state index >= 15 is 0 Å². The molecule has 3 nitrogen and oxygen atoms in total. The van der Waals surface area contributed by atoms with Gasteiger partial charge in [0.1, 0.15) is 6.10 Å². The Bertz CT molecular complexity index is 211. The molecule has 54 valence electrons. The molecule has 2 aliphatic heterocycles. The molecule has 0 aliphatic carbocycles. The molecule has 0 aromatic rings. The van der Waals surface area contributed by atoms with E-state index in [0.29, 0.717) is 11.1 Å². The maximum absolute atomic E-state index is 11.0. The van der Waals surface area contributed by atoms with Gasteiger partial charge in [0.15, 0.2) is 0 Å². The van der Waals surface area contributed by atoms with Gasteiger partial charge in [-0.15, -0.1) is 0 Å². The molecule has 1 saturated heterocycles. The Morgan fingerprint density at radius 1 is 1.70 bits per heavy atom. The van der Waals surface area contributed by atoms with Crippen LogP contribution in [-0.4, -0.2) is 24.8 Å². The van der Waals surface area contributed by atoms with Gasteiger partial charge in [-0.05, 0) is 22.0 Å². The van der Waals surface area contributed by atoms with Crippen LogP contribution in [0, 0.1) is 0 Å². The van der Waals surface area contributed by atoms with Crippen LogP contribution in [0.5, 0.6) is 0 Å². The Morgan fingerprint density at radius 3 is 3.30 bits per heavy atom. The number of halogens is 1. The van der Waals surface area contributed by atoms with Crippen molar-refractivity contribution in [1.29, 1.82) is 0 Å². The molecule has 1 fully saturated rings. The highest BCUT2D eigenvalue weighted by Crippen LogP contribution is 2.26. The van der Waals surface area contributed by atoms with Crippen molar-refractivity contribution in [3.8, 4) is 0 Å². The monoisotopic (exact) mass is 204 g/mol. The molecule has 10 heavy (non-hydrogen) atoms. The second-order valence-corrected chi connectivity index (χ2v) is 3.07. The van der Waals surface area contributed by atoms with Crippen molar-refractivity contribution < 1.29 is 14.3 Å². The van der Waals surface area contributed by atoms with Crippen molar-refractivity contribution in [3.63, 3.8) is 0 Å². The number of ether oxygens (including phenoxy) is 2. The van der Waals surface area contributed by atoms with E-state index in [0.717, 1.165) is 0 Å². The molecule has 0 unspecified atom stereocenters. The van der Waals surface area contributed by atoms with Crippen molar-refractivity contribution in [2.24, 2.45) is 0 Å². The van der Waals surface area contributed by atoms with E-state index < -0.39 is 6.29 Å². The number of Topliss-reactive ketones (excluding diaryl/α,β-unsaturated/α-hetero) is 1. The van der Waals surface area contributed by atoms with Gasteiger partial charge >= 0.3 is 0 Å². The third kappa shape index (κ3) is 0.836. The first-order chi connectivity index (χ1) is 4.77. The lowest BCUT2D eigenvalue weighted by Gasteiger charge is -2.12. The topological polar surface area (TPSA) is 35.5 Å². The minimum absolute atomic E-state index is 0.0305. The molecular formula is C6H5BrO3. The van der Waals surface area contributed by atoms with Gasteiger partial charge in [-0.25, -0.2) is 0 Å². The molecule has 0 N–H and O–H groups in total. The van der Waals surface area contributed by atoms with Gasteiger partial charge < -0.3 is 9.47 Å². The average Bonchev–Trinajstić information content (AvgIpc) is 2.29. The summed E-state index contributed by atoms with van der Waals surface area (Å²) in [7, 11) is 0. The summed E-state index contributed by atoms with van der Waals surface area (Å²) in [6.45, 7) is 0.492. The van der Waals surface area contributed by atoms with Crippen LogP contribution in [-0.2, 0) is 14.3 Å². The van der Waals surface area contributed by atoms with Gasteiger partial charge in [0.05, 0.1) is 11.1 Å². The normalized spacial score (nSPS) is 38.1. The zero-order valence-electron chi connectivity index (χ0n) is 5.04. The van der Waals surface area contributed by atoms with Crippen LogP contribution in [0.2, 0.25) is 0 Å². The Kier molecular flexibility index (Phi) is 1.40. The molecule has 2 bridgehead atoms. The molecule has 2 rings (SSSR count). The number of carbonyl (C=O) groups excluding carboxylic acids is 1. The van der Waals surface area contributed by atoms with Crippen LogP contribution in [0.3, 0.4) is 0 Å². The summed E-state index contributed by atoms with van der Waals surface area (Å²) < 4.78 is 10.7. The third-order valence-corrected chi connectivity index (χ3v) is 2.15. The number of rotatable bonds is 0. The zero-order valence-corrected chi connectivity index (χ0v) is 6.63. The summed E-state index contributed by atoms with van der Waals surface area (Å²) in [5, 5.41) is 0. The largest absolute Gasteiger partial charge is 0.343 e. The quantitative estimate of drug-likeness (QED) is 0.580. The van der Waals surface area contributed by atoms with E-state index in [2.05, 4.69) is 15.9 Å². The Hall–Kier alpha value is -0.190. The van der Waals surface area contributed by atoms with E-state index in [4.69, 9.17) is 9.47 Å². The van der Waals surface area contributed by atoms with Crippen LogP contribution in [0.25, 0.3) is 0 Å². The van der Waals surface area contributed by atoms with Crippen molar-refractivity contribution in [3.05, 3.63) is 10.6 Å². The number of fused-ring (bicyclic) bond motifs is 2. The second kappa shape index (κ2) is 2.15. The zero-order chi connectivity index (χ0) is 7.14. The summed E-state index contributed by atoms with van der Waals surface area (Å²) in [4.78, 5) is 11.0. The lowest BCUT2D eigenvalue weighted by Crippen LogP contribution is -2.26. The van der Waals surface area contributed by atoms with Gasteiger partial charge in [0, 0.05) is 0 Å². The van der Waals surface area contributed by atoms with Crippen LogP contribution < -0.4 is 0 Å². The van der Waals surface area contributed by atoms with Gasteiger partial charge in [-0.3, -0.25) is 4.79 Å². The summed E-state index contributed by atoms with van der Waals surface area (Å²) in [5.74, 6) is -0.117. The molecule has 0 radical (unpaired) electrons. The van der Waals surface area contributed by atoms with Crippen LogP contribution >= 0.6 is 15.9 Å². The maximum Gasteiger partial charge on any atom is 0.225 e. The van der Waals surface area contributed by atoms with Crippen molar-refractivity contribution >= 4 is 21.7 Å². The van der Waals surface area contributed by atoms with Crippen molar-refractivity contribution in [2.75, 3.05) is 6.61 Å². The average molecular weight is 205 g/mol. The molecule has 0 spiro atoms. The predicted octanol–water partition coefficient (Wildman–Crippen LogP) is 0.589. The molecule has 2 atom stereocenters. The predicted molar refractivity (Wildman–Crippen MR) is 36.6 cm³/mol. The number of carbonyl (C=O) groups is 1. The smallest absolute Gasteiger partial charge is 0.225 e. The highest BCUT2D eigenvalue weighted by Gasteiger charge is 2.36. The Balaban J connectivity index is 2.33. The molecular weight excluding hydrogens is 200 g/mol. The molecule has 2 aliphatic rings. The SMILES string of the molecule is O=C1C(Br)=C[C@@H]2CO[C@H]1O2. The fourth-order valence-corrected chi connectivity index (χ4v) is 1.48. The van der Waals surface area contributed by atoms with Gasteiger partial charge in [-0.2, -0.15) is 0 Å². The fourth-order valence-electron chi connectivity index (χ4n) is 1.00. The lowest BCUT2D eigenvalue weighted by atomic mass is 10.2. The van der Waals surface area contributed by atoms with Gasteiger partial charge in [-0.1, -0.05) is 0 Å². The van der Waals surface area contributed by atoms with E-state index in [-0.39, 0.29) is 11.9 Å². The second-order valence-electron chi connectivity index (χ2n) is 2.22. The fraction of sp³-hybridized carbons (Fsp3) is 0.500. The van der Waals surface area contributed by atoms with Crippen molar-refractivity contribution in [1.82, 2.24) is 0 Å². The standard InChI is InChI=1S/C6H5BrO3/c7-4-1-3-2-9-6(10-3)5(4)8/h1,3,6H,2H2/t3-,6+/m1/s1. The van der Waals surface area contributed by atoms with E-state index in [9.17, 15) is 4.79 Å². The van der Waals surface area contributed by atoms with Crippen molar-refractivity contribution in [2.45, 2.75) is 12.4 Å². The highest BCUT2D eigenvalue weighted by atomic mass is 79.9. The lowest BCUT2D eigenvalue weighted by molar-refractivity contribution is -0.142. The van der Waals surface area contributed by atoms with E-state index in [1.165, 1.54) is 0 Å². The minimum Gasteiger partial charge on any atom is -0.343 e. The summed E-state index contributed by atoms with van der Waals surface area (Å²) >= 11 is 3.13. The summed E-state index contributed by atoms with van der Waals surface area (Å²) in [6, 6.07) is 0. The first-order valence-corrected chi connectivity index (χ1v) is 3.75. The molecule has 2 heterocycles. The van der Waals surface area contributed by atoms with E-state index in [1.54, 1.807) is 6.08 Å². The minimum atomic E-state index is -0.649. The Labute approximate surface area is 66.1 Å².